The molecule has 2 aliphatic rings. The predicted octanol–water partition coefficient (Wildman–Crippen LogP) is 2.08. The van der Waals surface area contributed by atoms with E-state index in [1.165, 1.54) is 0 Å². The van der Waals surface area contributed by atoms with Crippen LogP contribution >= 0.6 is 0 Å². The molecule has 1 unspecified atom stereocenters. The van der Waals surface area contributed by atoms with Gasteiger partial charge in [-0.15, -0.1) is 0 Å². The molecule has 2 heterocycles. The fraction of sp³-hybridized carbons (Fsp3) is 1.00. The lowest BCUT2D eigenvalue weighted by Gasteiger charge is -2.51. The number of hydrogen-bond acceptors (Lipinski definition) is 4. The molecule has 0 saturated carbocycles. The monoisotopic (exact) mass is 332 g/mol. The molecule has 0 amide bonds. The van der Waals surface area contributed by atoms with Crippen molar-refractivity contribution >= 4 is 10.0 Å². The third-order valence-electron chi connectivity index (χ3n) is 5.18. The number of methoxy groups -OCH3 is 1. The Labute approximate surface area is 136 Å². The maximum absolute atomic E-state index is 12.9. The minimum absolute atomic E-state index is 0.208. The molecule has 5 nitrogen and oxygen atoms in total. The molecule has 130 valence electrons. The van der Waals surface area contributed by atoms with Crippen LogP contribution in [0.5, 0.6) is 0 Å². The molecular formula is C16H32N2O3S. The van der Waals surface area contributed by atoms with Crippen LogP contribution in [-0.2, 0) is 14.8 Å². The molecule has 0 N–H and O–H groups in total. The summed E-state index contributed by atoms with van der Waals surface area (Å²) in [6.07, 6.45) is 5.52. The number of rotatable bonds is 7. The first-order valence-electron chi connectivity index (χ1n) is 8.78. The van der Waals surface area contributed by atoms with Crippen LogP contribution < -0.4 is 0 Å². The SMILES string of the molecule is CCCC(CC)S(=O)(=O)N1CCCCN2[C@H](COC)C[C@@H]2C1. The second kappa shape index (κ2) is 8.08. The molecule has 22 heavy (non-hydrogen) atoms. The van der Waals surface area contributed by atoms with Crippen molar-refractivity contribution in [3.63, 3.8) is 0 Å². The van der Waals surface area contributed by atoms with Gasteiger partial charge in [-0.1, -0.05) is 20.3 Å². The van der Waals surface area contributed by atoms with Crippen molar-refractivity contribution in [2.75, 3.05) is 33.4 Å². The summed E-state index contributed by atoms with van der Waals surface area (Å²) in [6, 6.07) is 0.865. The molecule has 6 heteroatoms. The van der Waals surface area contributed by atoms with E-state index in [-0.39, 0.29) is 5.25 Å². The Hall–Kier alpha value is -0.170. The van der Waals surface area contributed by atoms with Gasteiger partial charge in [0.1, 0.15) is 0 Å². The maximum Gasteiger partial charge on any atom is 0.217 e. The van der Waals surface area contributed by atoms with Crippen molar-refractivity contribution in [3.8, 4) is 0 Å². The van der Waals surface area contributed by atoms with Crippen LogP contribution in [0.4, 0.5) is 0 Å². The molecule has 0 radical (unpaired) electrons. The fourth-order valence-corrected chi connectivity index (χ4v) is 6.02. The standard InChI is InChI=1S/C16H32N2O3S/c1-4-8-16(5-2)22(19,20)17-9-6-7-10-18-14(12-17)11-15(18)13-21-3/h14-16H,4-13H2,1-3H3/t14-,15+,16?/m1/s1. The van der Waals surface area contributed by atoms with Gasteiger partial charge in [0.25, 0.3) is 0 Å². The van der Waals surface area contributed by atoms with Gasteiger partial charge in [-0.2, -0.15) is 0 Å². The number of ether oxygens (including phenoxy) is 1. The predicted molar refractivity (Wildman–Crippen MR) is 89.5 cm³/mol. The Morgan fingerprint density at radius 3 is 2.59 bits per heavy atom. The van der Waals surface area contributed by atoms with Gasteiger partial charge in [0.15, 0.2) is 0 Å². The molecule has 0 aromatic heterocycles. The largest absolute Gasteiger partial charge is 0.383 e. The van der Waals surface area contributed by atoms with Crippen molar-refractivity contribution in [1.82, 2.24) is 9.21 Å². The summed E-state index contributed by atoms with van der Waals surface area (Å²) in [4.78, 5) is 2.45. The molecule has 0 aromatic carbocycles. The lowest BCUT2D eigenvalue weighted by molar-refractivity contribution is -0.0403. The van der Waals surface area contributed by atoms with Gasteiger partial charge < -0.3 is 4.74 Å². The summed E-state index contributed by atoms with van der Waals surface area (Å²) < 4.78 is 32.9. The summed E-state index contributed by atoms with van der Waals surface area (Å²) in [5.41, 5.74) is 0. The maximum atomic E-state index is 12.9. The van der Waals surface area contributed by atoms with Crippen LogP contribution in [0.3, 0.4) is 0 Å². The number of hydrogen-bond donors (Lipinski definition) is 0. The van der Waals surface area contributed by atoms with Crippen LogP contribution in [0.2, 0.25) is 0 Å². The minimum atomic E-state index is -3.15. The Morgan fingerprint density at radius 2 is 1.95 bits per heavy atom. The highest BCUT2D eigenvalue weighted by Gasteiger charge is 2.42. The van der Waals surface area contributed by atoms with Crippen LogP contribution in [0.25, 0.3) is 0 Å². The van der Waals surface area contributed by atoms with Crippen LogP contribution in [0, 0.1) is 0 Å². The van der Waals surface area contributed by atoms with Crippen molar-refractivity contribution in [1.29, 1.82) is 0 Å². The first-order chi connectivity index (χ1) is 10.5. The Balaban J connectivity index is 2.05. The van der Waals surface area contributed by atoms with Gasteiger partial charge in [-0.25, -0.2) is 12.7 Å². The van der Waals surface area contributed by atoms with E-state index in [2.05, 4.69) is 11.8 Å². The van der Waals surface area contributed by atoms with Gasteiger partial charge in [0.2, 0.25) is 10.0 Å². The normalized spacial score (nSPS) is 29.2. The van der Waals surface area contributed by atoms with E-state index in [0.29, 0.717) is 31.6 Å². The van der Waals surface area contributed by atoms with Gasteiger partial charge in [0.05, 0.1) is 11.9 Å². The first kappa shape index (κ1) is 18.2. The lowest BCUT2D eigenvalue weighted by Crippen LogP contribution is -2.63. The van der Waals surface area contributed by atoms with E-state index in [4.69, 9.17) is 4.74 Å². The lowest BCUT2D eigenvalue weighted by atomic mass is 9.91. The van der Waals surface area contributed by atoms with E-state index in [1.807, 2.05) is 6.92 Å². The zero-order valence-electron chi connectivity index (χ0n) is 14.3. The second-order valence-corrected chi connectivity index (χ2v) is 8.88. The van der Waals surface area contributed by atoms with Gasteiger partial charge in [-0.05, 0) is 38.6 Å². The zero-order valence-corrected chi connectivity index (χ0v) is 15.1. The minimum Gasteiger partial charge on any atom is -0.383 e. The summed E-state index contributed by atoms with van der Waals surface area (Å²) in [6.45, 7) is 7.26. The highest BCUT2D eigenvalue weighted by Crippen LogP contribution is 2.30. The van der Waals surface area contributed by atoms with E-state index < -0.39 is 10.0 Å². The van der Waals surface area contributed by atoms with E-state index in [1.54, 1.807) is 11.4 Å². The third-order valence-corrected chi connectivity index (χ3v) is 7.64. The van der Waals surface area contributed by atoms with Crippen LogP contribution in [0.15, 0.2) is 0 Å². The smallest absolute Gasteiger partial charge is 0.217 e. The summed E-state index contributed by atoms with van der Waals surface area (Å²) in [7, 11) is -1.41. The Bertz CT molecular complexity index is 441. The van der Waals surface area contributed by atoms with Gasteiger partial charge >= 0.3 is 0 Å². The highest BCUT2D eigenvalue weighted by molar-refractivity contribution is 7.89. The van der Waals surface area contributed by atoms with Crippen molar-refractivity contribution in [2.45, 2.75) is 69.7 Å². The number of sulfonamides is 1. The molecule has 0 aromatic rings. The van der Waals surface area contributed by atoms with Crippen molar-refractivity contribution < 1.29 is 13.2 Å². The Morgan fingerprint density at radius 1 is 1.23 bits per heavy atom. The topological polar surface area (TPSA) is 49.9 Å². The summed E-state index contributed by atoms with van der Waals surface area (Å²) in [5.74, 6) is 0. The van der Waals surface area contributed by atoms with Crippen molar-refractivity contribution in [2.24, 2.45) is 0 Å². The molecule has 2 fully saturated rings. The number of nitrogens with zero attached hydrogens (tertiary/aromatic N) is 2. The molecule has 0 aliphatic carbocycles. The first-order valence-corrected chi connectivity index (χ1v) is 10.3. The molecule has 3 atom stereocenters. The van der Waals surface area contributed by atoms with Crippen LogP contribution in [-0.4, -0.2) is 68.3 Å². The molecule has 0 spiro atoms. The van der Waals surface area contributed by atoms with Gasteiger partial charge in [-0.3, -0.25) is 4.90 Å². The quantitative estimate of drug-likeness (QED) is 0.716. The van der Waals surface area contributed by atoms with Crippen LogP contribution in [0.1, 0.15) is 52.4 Å². The van der Waals surface area contributed by atoms with Crippen molar-refractivity contribution in [3.05, 3.63) is 0 Å². The van der Waals surface area contributed by atoms with E-state index >= 15 is 0 Å². The summed E-state index contributed by atoms with van der Waals surface area (Å²) in [5, 5.41) is -0.208. The van der Waals surface area contributed by atoms with E-state index in [9.17, 15) is 8.42 Å². The molecule has 2 rings (SSSR count). The molecule has 2 saturated heterocycles. The molecular weight excluding hydrogens is 300 g/mol. The number of fused-ring (bicyclic) bond motifs is 1. The third kappa shape index (κ3) is 3.83. The molecule has 2 aliphatic heterocycles. The molecule has 0 bridgehead atoms. The van der Waals surface area contributed by atoms with E-state index in [0.717, 1.165) is 45.3 Å². The second-order valence-electron chi connectivity index (χ2n) is 6.67. The summed E-state index contributed by atoms with van der Waals surface area (Å²) >= 11 is 0. The Kier molecular flexibility index (Phi) is 6.68. The zero-order chi connectivity index (χ0) is 16.2. The fourth-order valence-electron chi connectivity index (χ4n) is 3.88. The average Bonchev–Trinajstić information content (AvgIpc) is 2.46. The average molecular weight is 333 g/mol. The van der Waals surface area contributed by atoms with Gasteiger partial charge in [0, 0.05) is 32.3 Å². The highest BCUT2D eigenvalue weighted by atomic mass is 32.2.